The van der Waals surface area contributed by atoms with E-state index in [0.717, 1.165) is 10.7 Å². The Morgan fingerprint density at radius 1 is 1.17 bits per heavy atom. The minimum atomic E-state index is 0.235. The number of nitrogens with zero attached hydrogens (tertiary/aromatic N) is 2. The quantitative estimate of drug-likeness (QED) is 0.624. The molecule has 0 unspecified atom stereocenters. The average molecular weight is 182 g/mol. The van der Waals surface area contributed by atoms with Gasteiger partial charge in [0.05, 0.1) is 0 Å². The van der Waals surface area contributed by atoms with Crippen LogP contribution in [0.1, 0.15) is 26.6 Å². The number of aryl methyl sites for hydroxylation is 1. The minimum absolute atomic E-state index is 0.235. The lowest BCUT2D eigenvalue weighted by atomic mass is 10.3. The third kappa shape index (κ3) is 3.22. The SMILES string of the molecule is Cc1ncc(SC(C)(C)C)cn1. The Bertz CT molecular complexity index is 248. The number of thioether (sulfide) groups is 1. The van der Waals surface area contributed by atoms with Crippen LogP contribution in [-0.2, 0) is 0 Å². The highest BCUT2D eigenvalue weighted by Crippen LogP contribution is 2.30. The molecule has 0 aliphatic heterocycles. The van der Waals surface area contributed by atoms with Gasteiger partial charge in [0.15, 0.2) is 0 Å². The molecule has 0 radical (unpaired) electrons. The smallest absolute Gasteiger partial charge is 0.125 e. The van der Waals surface area contributed by atoms with Gasteiger partial charge in [0, 0.05) is 22.0 Å². The van der Waals surface area contributed by atoms with E-state index in [1.165, 1.54) is 0 Å². The molecular weight excluding hydrogens is 168 g/mol. The van der Waals surface area contributed by atoms with Gasteiger partial charge in [-0.1, -0.05) is 20.8 Å². The molecule has 0 saturated carbocycles. The van der Waals surface area contributed by atoms with Crippen molar-refractivity contribution < 1.29 is 0 Å². The highest BCUT2D eigenvalue weighted by molar-refractivity contribution is 8.00. The van der Waals surface area contributed by atoms with Crippen LogP contribution in [0.15, 0.2) is 17.3 Å². The van der Waals surface area contributed by atoms with E-state index < -0.39 is 0 Å². The first-order chi connectivity index (χ1) is 5.47. The second-order valence-corrected chi connectivity index (χ2v) is 5.58. The highest BCUT2D eigenvalue weighted by Gasteiger charge is 2.11. The van der Waals surface area contributed by atoms with E-state index in [2.05, 4.69) is 30.7 Å². The summed E-state index contributed by atoms with van der Waals surface area (Å²) in [7, 11) is 0. The number of rotatable bonds is 1. The topological polar surface area (TPSA) is 25.8 Å². The van der Waals surface area contributed by atoms with Gasteiger partial charge >= 0.3 is 0 Å². The van der Waals surface area contributed by atoms with Crippen molar-refractivity contribution in [1.82, 2.24) is 9.97 Å². The standard InChI is InChI=1S/C9H14N2S/c1-7-10-5-8(6-11-7)12-9(2,3)4/h5-6H,1-4H3. The lowest BCUT2D eigenvalue weighted by molar-refractivity contribution is 0.801. The van der Waals surface area contributed by atoms with Crippen molar-refractivity contribution in [2.24, 2.45) is 0 Å². The summed E-state index contributed by atoms with van der Waals surface area (Å²) in [5, 5.41) is 0. The molecule has 3 heteroatoms. The number of hydrogen-bond acceptors (Lipinski definition) is 3. The molecule has 0 aliphatic rings. The molecule has 0 saturated heterocycles. The van der Waals surface area contributed by atoms with Gasteiger partial charge in [-0.2, -0.15) is 0 Å². The molecule has 1 aromatic heterocycles. The van der Waals surface area contributed by atoms with Crippen molar-refractivity contribution in [3.63, 3.8) is 0 Å². The van der Waals surface area contributed by atoms with Crippen LogP contribution in [0.2, 0.25) is 0 Å². The maximum absolute atomic E-state index is 4.13. The van der Waals surface area contributed by atoms with E-state index in [1.54, 1.807) is 11.8 Å². The molecule has 0 spiro atoms. The first-order valence-electron chi connectivity index (χ1n) is 3.95. The molecule has 0 aliphatic carbocycles. The highest BCUT2D eigenvalue weighted by atomic mass is 32.2. The predicted octanol–water partition coefficient (Wildman–Crippen LogP) is 2.68. The van der Waals surface area contributed by atoms with E-state index in [4.69, 9.17) is 0 Å². The first-order valence-corrected chi connectivity index (χ1v) is 4.77. The zero-order chi connectivity index (χ0) is 9.19. The molecule has 66 valence electrons. The van der Waals surface area contributed by atoms with Gasteiger partial charge in [-0.15, -0.1) is 11.8 Å². The van der Waals surface area contributed by atoms with Crippen LogP contribution in [0.3, 0.4) is 0 Å². The maximum atomic E-state index is 4.13. The van der Waals surface area contributed by atoms with E-state index in [1.807, 2.05) is 19.3 Å². The fraction of sp³-hybridized carbons (Fsp3) is 0.556. The van der Waals surface area contributed by atoms with Crippen LogP contribution in [-0.4, -0.2) is 14.7 Å². The van der Waals surface area contributed by atoms with Crippen molar-refractivity contribution in [1.29, 1.82) is 0 Å². The van der Waals surface area contributed by atoms with E-state index in [0.29, 0.717) is 0 Å². The second kappa shape index (κ2) is 3.44. The van der Waals surface area contributed by atoms with E-state index >= 15 is 0 Å². The number of aromatic nitrogens is 2. The van der Waals surface area contributed by atoms with Crippen LogP contribution in [0.4, 0.5) is 0 Å². The molecule has 1 heterocycles. The zero-order valence-electron chi connectivity index (χ0n) is 7.96. The summed E-state index contributed by atoms with van der Waals surface area (Å²) in [5.74, 6) is 0.827. The molecule has 0 aromatic carbocycles. The molecule has 1 aromatic rings. The van der Waals surface area contributed by atoms with Crippen molar-refractivity contribution in [2.75, 3.05) is 0 Å². The van der Waals surface area contributed by atoms with Crippen molar-refractivity contribution in [3.05, 3.63) is 18.2 Å². The van der Waals surface area contributed by atoms with Gasteiger partial charge in [0.2, 0.25) is 0 Å². The van der Waals surface area contributed by atoms with Gasteiger partial charge in [0.1, 0.15) is 5.82 Å². The van der Waals surface area contributed by atoms with Crippen LogP contribution < -0.4 is 0 Å². The van der Waals surface area contributed by atoms with Crippen LogP contribution in [0.25, 0.3) is 0 Å². The lowest BCUT2D eigenvalue weighted by Gasteiger charge is -2.16. The summed E-state index contributed by atoms with van der Waals surface area (Å²) >= 11 is 1.78. The summed E-state index contributed by atoms with van der Waals surface area (Å²) in [6.07, 6.45) is 3.75. The van der Waals surface area contributed by atoms with Crippen molar-refractivity contribution >= 4 is 11.8 Å². The minimum Gasteiger partial charge on any atom is -0.241 e. The lowest BCUT2D eigenvalue weighted by Crippen LogP contribution is -2.06. The Morgan fingerprint density at radius 3 is 2.08 bits per heavy atom. The molecule has 12 heavy (non-hydrogen) atoms. The summed E-state index contributed by atoms with van der Waals surface area (Å²) in [5.41, 5.74) is 0. The summed E-state index contributed by atoms with van der Waals surface area (Å²) in [6, 6.07) is 0. The summed E-state index contributed by atoms with van der Waals surface area (Å²) in [6.45, 7) is 8.43. The number of hydrogen-bond donors (Lipinski definition) is 0. The normalized spacial score (nSPS) is 11.7. The maximum Gasteiger partial charge on any atom is 0.125 e. The van der Waals surface area contributed by atoms with E-state index in [-0.39, 0.29) is 4.75 Å². The molecule has 0 bridgehead atoms. The Balaban J connectivity index is 2.71. The average Bonchev–Trinajstić information content (AvgIpc) is 1.91. The van der Waals surface area contributed by atoms with Gasteiger partial charge in [0.25, 0.3) is 0 Å². The molecule has 0 fully saturated rings. The third-order valence-electron chi connectivity index (χ3n) is 1.18. The molecule has 0 atom stereocenters. The Labute approximate surface area is 77.8 Å². The van der Waals surface area contributed by atoms with Crippen LogP contribution in [0.5, 0.6) is 0 Å². The Hall–Kier alpha value is -0.570. The molecule has 0 amide bonds. The van der Waals surface area contributed by atoms with Gasteiger partial charge in [-0.3, -0.25) is 0 Å². The van der Waals surface area contributed by atoms with E-state index in [9.17, 15) is 0 Å². The molecule has 1 rings (SSSR count). The Morgan fingerprint density at radius 2 is 1.67 bits per heavy atom. The monoisotopic (exact) mass is 182 g/mol. The van der Waals surface area contributed by atoms with Gasteiger partial charge in [-0.05, 0) is 6.92 Å². The van der Waals surface area contributed by atoms with Gasteiger partial charge < -0.3 is 0 Å². The fourth-order valence-electron chi connectivity index (χ4n) is 0.787. The largest absolute Gasteiger partial charge is 0.241 e. The molecular formula is C9H14N2S. The van der Waals surface area contributed by atoms with Crippen LogP contribution in [0, 0.1) is 6.92 Å². The molecule has 2 nitrogen and oxygen atoms in total. The Kier molecular flexibility index (Phi) is 2.73. The third-order valence-corrected chi connectivity index (χ3v) is 2.24. The predicted molar refractivity (Wildman–Crippen MR) is 52.4 cm³/mol. The van der Waals surface area contributed by atoms with Crippen molar-refractivity contribution in [2.45, 2.75) is 37.3 Å². The fourth-order valence-corrected chi connectivity index (χ4v) is 1.70. The summed E-state index contributed by atoms with van der Waals surface area (Å²) in [4.78, 5) is 9.40. The van der Waals surface area contributed by atoms with Crippen molar-refractivity contribution in [3.8, 4) is 0 Å². The summed E-state index contributed by atoms with van der Waals surface area (Å²) < 4.78 is 0.235. The first kappa shape index (κ1) is 9.52. The second-order valence-electron chi connectivity index (χ2n) is 3.68. The van der Waals surface area contributed by atoms with Crippen LogP contribution >= 0.6 is 11.8 Å². The molecule has 0 N–H and O–H groups in total. The zero-order valence-corrected chi connectivity index (χ0v) is 8.77. The van der Waals surface area contributed by atoms with Gasteiger partial charge in [-0.25, -0.2) is 9.97 Å².